The minimum absolute atomic E-state index is 0.640. The number of rotatable bonds is 6. The maximum absolute atomic E-state index is 5.73. The zero-order valence-corrected chi connectivity index (χ0v) is 11.6. The third-order valence-electron chi connectivity index (χ3n) is 3.97. The maximum atomic E-state index is 5.73. The Hall–Kier alpha value is -1.02. The number of benzene rings is 1. The van der Waals surface area contributed by atoms with Gasteiger partial charge in [0.1, 0.15) is 5.75 Å². The molecule has 0 bridgehead atoms. The molecule has 0 saturated heterocycles. The molecule has 2 rings (SSSR count). The Bertz CT molecular complexity index is 364. The first-order chi connectivity index (χ1) is 8.85. The van der Waals surface area contributed by atoms with Crippen LogP contribution in [0.3, 0.4) is 0 Å². The van der Waals surface area contributed by atoms with Gasteiger partial charge in [-0.1, -0.05) is 38.0 Å². The van der Waals surface area contributed by atoms with Crippen molar-refractivity contribution >= 4 is 0 Å². The molecule has 0 aliphatic carbocycles. The molecule has 1 aliphatic heterocycles. The van der Waals surface area contributed by atoms with Gasteiger partial charge in [0.2, 0.25) is 0 Å². The van der Waals surface area contributed by atoms with Crippen LogP contribution in [0.2, 0.25) is 0 Å². The molecule has 2 atom stereocenters. The summed E-state index contributed by atoms with van der Waals surface area (Å²) in [5, 5.41) is 3.47. The first kappa shape index (κ1) is 13.4. The second-order valence-electron chi connectivity index (χ2n) is 5.24. The summed E-state index contributed by atoms with van der Waals surface area (Å²) in [6.07, 6.45) is 6.27. The molecule has 1 aliphatic rings. The van der Waals surface area contributed by atoms with Crippen LogP contribution in [0.15, 0.2) is 24.3 Å². The first-order valence-corrected chi connectivity index (χ1v) is 7.24. The number of ether oxygens (including phenoxy) is 1. The van der Waals surface area contributed by atoms with Crippen molar-refractivity contribution in [1.29, 1.82) is 0 Å². The average molecular weight is 247 g/mol. The van der Waals surface area contributed by atoms with Crippen molar-refractivity contribution in [3.8, 4) is 5.75 Å². The van der Waals surface area contributed by atoms with Gasteiger partial charge >= 0.3 is 0 Å². The molecule has 2 nitrogen and oxygen atoms in total. The Morgan fingerprint density at radius 2 is 2.22 bits per heavy atom. The highest BCUT2D eigenvalue weighted by Gasteiger charge is 2.23. The van der Waals surface area contributed by atoms with Crippen molar-refractivity contribution < 1.29 is 4.74 Å². The van der Waals surface area contributed by atoms with E-state index in [-0.39, 0.29) is 0 Å². The first-order valence-electron chi connectivity index (χ1n) is 7.24. The largest absolute Gasteiger partial charge is 0.493 e. The zero-order chi connectivity index (χ0) is 12.8. The monoisotopic (exact) mass is 247 g/mol. The molecule has 0 saturated carbocycles. The van der Waals surface area contributed by atoms with Gasteiger partial charge in [0.25, 0.3) is 0 Å². The minimum Gasteiger partial charge on any atom is -0.493 e. The lowest BCUT2D eigenvalue weighted by molar-refractivity contribution is 0.254. The standard InChI is InChI=1S/C16H25NO/c1-3-4-7-14(17-2)12-13-10-11-18-16-9-6-5-8-15(13)16/h5-6,8-9,13-14,17H,3-4,7,10-12H2,1-2H3. The number of hydrogen-bond donors (Lipinski definition) is 1. The average Bonchev–Trinajstić information content (AvgIpc) is 2.43. The molecule has 100 valence electrons. The van der Waals surface area contributed by atoms with Gasteiger partial charge in [-0.15, -0.1) is 0 Å². The van der Waals surface area contributed by atoms with Crippen LogP contribution < -0.4 is 10.1 Å². The predicted molar refractivity (Wildman–Crippen MR) is 76.3 cm³/mol. The molecular formula is C16H25NO. The van der Waals surface area contributed by atoms with Crippen LogP contribution in [0.1, 0.15) is 50.5 Å². The van der Waals surface area contributed by atoms with Crippen LogP contribution in [0.25, 0.3) is 0 Å². The number of hydrogen-bond acceptors (Lipinski definition) is 2. The third kappa shape index (κ3) is 3.26. The van der Waals surface area contributed by atoms with E-state index in [9.17, 15) is 0 Å². The number of unbranched alkanes of at least 4 members (excludes halogenated alkanes) is 1. The smallest absolute Gasteiger partial charge is 0.122 e. The van der Waals surface area contributed by atoms with Crippen molar-refractivity contribution in [3.63, 3.8) is 0 Å². The van der Waals surface area contributed by atoms with E-state index in [0.29, 0.717) is 12.0 Å². The van der Waals surface area contributed by atoms with Gasteiger partial charge < -0.3 is 10.1 Å². The summed E-state index contributed by atoms with van der Waals surface area (Å²) in [5.74, 6) is 1.75. The van der Waals surface area contributed by atoms with Gasteiger partial charge in [0.15, 0.2) is 0 Å². The van der Waals surface area contributed by atoms with Crippen LogP contribution in [0.5, 0.6) is 5.75 Å². The molecule has 0 radical (unpaired) electrons. The molecule has 2 heteroatoms. The Morgan fingerprint density at radius 3 is 3.00 bits per heavy atom. The summed E-state index contributed by atoms with van der Waals surface area (Å²) in [6, 6.07) is 9.16. The van der Waals surface area contributed by atoms with E-state index in [1.54, 1.807) is 0 Å². The van der Waals surface area contributed by atoms with Crippen molar-refractivity contribution in [2.45, 2.75) is 51.0 Å². The number of nitrogens with one attached hydrogen (secondary N) is 1. The Morgan fingerprint density at radius 1 is 1.39 bits per heavy atom. The molecule has 1 heterocycles. The van der Waals surface area contributed by atoms with Crippen LogP contribution >= 0.6 is 0 Å². The molecule has 0 spiro atoms. The fourth-order valence-electron chi connectivity index (χ4n) is 2.83. The highest BCUT2D eigenvalue weighted by atomic mass is 16.5. The molecule has 1 aromatic rings. The Labute approximate surface area is 111 Å². The van der Waals surface area contributed by atoms with Crippen LogP contribution in [-0.4, -0.2) is 19.7 Å². The molecule has 0 aromatic heterocycles. The SMILES string of the molecule is CCCCC(CC1CCOc2ccccc21)NC. The Balaban J connectivity index is 2.01. The summed E-state index contributed by atoms with van der Waals surface area (Å²) in [6.45, 7) is 3.13. The third-order valence-corrected chi connectivity index (χ3v) is 3.97. The molecule has 0 fully saturated rings. The Kier molecular flexibility index (Phi) is 5.06. The molecule has 18 heavy (non-hydrogen) atoms. The second kappa shape index (κ2) is 6.79. The van der Waals surface area contributed by atoms with E-state index in [4.69, 9.17) is 4.74 Å². The van der Waals surface area contributed by atoms with Crippen LogP contribution in [0, 0.1) is 0 Å². The van der Waals surface area contributed by atoms with Gasteiger partial charge in [0, 0.05) is 6.04 Å². The summed E-state index contributed by atoms with van der Waals surface area (Å²) in [7, 11) is 2.09. The van der Waals surface area contributed by atoms with Crippen molar-refractivity contribution in [1.82, 2.24) is 5.32 Å². The van der Waals surface area contributed by atoms with Gasteiger partial charge in [-0.05, 0) is 43.9 Å². The molecule has 2 unspecified atom stereocenters. The molecule has 1 aromatic carbocycles. The quantitative estimate of drug-likeness (QED) is 0.827. The highest BCUT2D eigenvalue weighted by Crippen LogP contribution is 2.36. The summed E-state index contributed by atoms with van der Waals surface area (Å²) in [5.41, 5.74) is 1.40. The van der Waals surface area contributed by atoms with Gasteiger partial charge in [-0.25, -0.2) is 0 Å². The fourth-order valence-corrected chi connectivity index (χ4v) is 2.83. The lowest BCUT2D eigenvalue weighted by atomic mass is 9.86. The molecule has 1 N–H and O–H groups in total. The normalized spacial score (nSPS) is 20.0. The topological polar surface area (TPSA) is 21.3 Å². The van der Waals surface area contributed by atoms with E-state index in [2.05, 4.69) is 43.6 Å². The van der Waals surface area contributed by atoms with E-state index in [0.717, 1.165) is 18.8 Å². The lowest BCUT2D eigenvalue weighted by Gasteiger charge is -2.29. The van der Waals surface area contributed by atoms with E-state index < -0.39 is 0 Å². The van der Waals surface area contributed by atoms with E-state index >= 15 is 0 Å². The maximum Gasteiger partial charge on any atom is 0.122 e. The van der Waals surface area contributed by atoms with Crippen molar-refractivity contribution in [2.75, 3.05) is 13.7 Å². The summed E-state index contributed by atoms with van der Waals surface area (Å²) >= 11 is 0. The number of para-hydroxylation sites is 1. The van der Waals surface area contributed by atoms with Crippen LogP contribution in [-0.2, 0) is 0 Å². The van der Waals surface area contributed by atoms with Crippen molar-refractivity contribution in [3.05, 3.63) is 29.8 Å². The minimum atomic E-state index is 0.640. The van der Waals surface area contributed by atoms with E-state index in [1.807, 2.05) is 0 Å². The van der Waals surface area contributed by atoms with Gasteiger partial charge in [-0.2, -0.15) is 0 Å². The lowest BCUT2D eigenvalue weighted by Crippen LogP contribution is -2.29. The van der Waals surface area contributed by atoms with Crippen molar-refractivity contribution in [2.24, 2.45) is 0 Å². The van der Waals surface area contributed by atoms with Gasteiger partial charge in [-0.3, -0.25) is 0 Å². The fraction of sp³-hybridized carbons (Fsp3) is 0.625. The molecular weight excluding hydrogens is 222 g/mol. The summed E-state index contributed by atoms with van der Waals surface area (Å²) in [4.78, 5) is 0. The number of fused-ring (bicyclic) bond motifs is 1. The second-order valence-corrected chi connectivity index (χ2v) is 5.24. The molecule has 0 amide bonds. The van der Waals surface area contributed by atoms with E-state index in [1.165, 1.54) is 31.2 Å². The summed E-state index contributed by atoms with van der Waals surface area (Å²) < 4.78 is 5.73. The predicted octanol–water partition coefficient (Wildman–Crippen LogP) is 3.72. The van der Waals surface area contributed by atoms with Crippen LogP contribution in [0.4, 0.5) is 0 Å². The zero-order valence-electron chi connectivity index (χ0n) is 11.6. The highest BCUT2D eigenvalue weighted by molar-refractivity contribution is 5.37. The van der Waals surface area contributed by atoms with Gasteiger partial charge in [0.05, 0.1) is 6.61 Å².